The van der Waals surface area contributed by atoms with Gasteiger partial charge in [-0.2, -0.15) is 0 Å². The van der Waals surface area contributed by atoms with Crippen LogP contribution < -0.4 is 0 Å². The number of hydrogen-bond donors (Lipinski definition) is 0. The van der Waals surface area contributed by atoms with Crippen LogP contribution in [0.3, 0.4) is 0 Å². The summed E-state index contributed by atoms with van der Waals surface area (Å²) in [5.74, 6) is -0.492. The van der Waals surface area contributed by atoms with Gasteiger partial charge < -0.3 is 9.47 Å². The predicted octanol–water partition coefficient (Wildman–Crippen LogP) is 2.81. The zero-order valence-electron chi connectivity index (χ0n) is 10.1. The zero-order valence-corrected chi connectivity index (χ0v) is 13.3. The van der Waals surface area contributed by atoms with Crippen LogP contribution in [0.1, 0.15) is 33.1 Å². The molecule has 0 heterocycles. The lowest BCUT2D eigenvalue weighted by Crippen LogP contribution is -2.15. The molecule has 0 spiro atoms. The van der Waals surface area contributed by atoms with E-state index in [1.807, 2.05) is 0 Å². The van der Waals surface area contributed by atoms with E-state index in [4.69, 9.17) is 9.47 Å². The van der Waals surface area contributed by atoms with Gasteiger partial charge in [-0.15, -0.1) is 0 Å². The molecule has 0 bridgehead atoms. The first kappa shape index (κ1) is 16.9. The molecule has 0 aliphatic heterocycles. The summed E-state index contributed by atoms with van der Waals surface area (Å²) in [4.78, 5) is 21.6. The van der Waals surface area contributed by atoms with Crippen molar-refractivity contribution in [3.8, 4) is 0 Å². The first-order valence-electron chi connectivity index (χ1n) is 5.56. The van der Waals surface area contributed by atoms with Gasteiger partial charge in [0.05, 0.1) is 13.2 Å². The molecule has 2 atom stereocenters. The van der Waals surface area contributed by atoms with Crippen LogP contribution in [-0.4, -0.2) is 34.8 Å². The Kier molecular flexibility index (Phi) is 9.82. The van der Waals surface area contributed by atoms with Gasteiger partial charge in [0.1, 0.15) is 9.65 Å². The second-order valence-corrected chi connectivity index (χ2v) is 6.37. The molecule has 0 aromatic carbocycles. The molecule has 2 unspecified atom stereocenters. The highest BCUT2D eigenvalue weighted by Crippen LogP contribution is 2.04. The fraction of sp³-hybridized carbons (Fsp3) is 0.818. The third-order valence-electron chi connectivity index (χ3n) is 1.93. The molecule has 0 aromatic rings. The molecule has 0 aromatic heterocycles. The van der Waals surface area contributed by atoms with E-state index in [0.717, 1.165) is 19.3 Å². The van der Waals surface area contributed by atoms with Crippen LogP contribution in [0.5, 0.6) is 0 Å². The Morgan fingerprint density at radius 2 is 1.24 bits per heavy atom. The van der Waals surface area contributed by atoms with Gasteiger partial charge in [-0.3, -0.25) is 9.59 Å². The van der Waals surface area contributed by atoms with Gasteiger partial charge in [-0.25, -0.2) is 0 Å². The summed E-state index contributed by atoms with van der Waals surface area (Å²) in [6.07, 6.45) is 2.44. The Balaban J connectivity index is 3.30. The number of ether oxygens (including phenoxy) is 2. The number of hydrogen-bond acceptors (Lipinski definition) is 4. The minimum absolute atomic E-state index is 0.246. The maximum atomic E-state index is 11.1. The molecule has 6 heteroatoms. The maximum Gasteiger partial charge on any atom is 0.319 e. The van der Waals surface area contributed by atoms with Gasteiger partial charge in [-0.05, 0) is 33.1 Å². The van der Waals surface area contributed by atoms with Gasteiger partial charge in [0.2, 0.25) is 0 Å². The minimum Gasteiger partial charge on any atom is -0.465 e. The Labute approximate surface area is 119 Å². The van der Waals surface area contributed by atoms with Crippen molar-refractivity contribution >= 4 is 43.8 Å². The van der Waals surface area contributed by atoms with Crippen molar-refractivity contribution in [3.05, 3.63) is 0 Å². The van der Waals surface area contributed by atoms with Crippen LogP contribution >= 0.6 is 31.9 Å². The number of halogens is 2. The average molecular weight is 374 g/mol. The largest absolute Gasteiger partial charge is 0.465 e. The van der Waals surface area contributed by atoms with E-state index >= 15 is 0 Å². The molecular weight excluding hydrogens is 356 g/mol. The lowest BCUT2D eigenvalue weighted by molar-refractivity contribution is -0.142. The Hall–Kier alpha value is -0.100. The van der Waals surface area contributed by atoms with E-state index in [0.29, 0.717) is 13.2 Å². The van der Waals surface area contributed by atoms with Gasteiger partial charge in [0.25, 0.3) is 0 Å². The number of esters is 2. The topological polar surface area (TPSA) is 52.6 Å². The van der Waals surface area contributed by atoms with Gasteiger partial charge in [0, 0.05) is 0 Å². The van der Waals surface area contributed by atoms with Crippen LogP contribution in [0.15, 0.2) is 0 Å². The third-order valence-corrected chi connectivity index (χ3v) is 2.67. The van der Waals surface area contributed by atoms with Gasteiger partial charge in [-0.1, -0.05) is 31.9 Å². The predicted molar refractivity (Wildman–Crippen MR) is 72.5 cm³/mol. The molecule has 0 amide bonds. The summed E-state index contributed by atoms with van der Waals surface area (Å²) in [5.41, 5.74) is 0. The van der Waals surface area contributed by atoms with Gasteiger partial charge in [0.15, 0.2) is 0 Å². The highest BCUT2D eigenvalue weighted by Gasteiger charge is 2.10. The van der Waals surface area contributed by atoms with Crippen molar-refractivity contribution in [2.45, 2.75) is 42.8 Å². The van der Waals surface area contributed by atoms with Crippen molar-refractivity contribution in [2.24, 2.45) is 0 Å². The lowest BCUT2D eigenvalue weighted by atomic mass is 10.2. The summed E-state index contributed by atoms with van der Waals surface area (Å²) >= 11 is 6.25. The third kappa shape index (κ3) is 9.59. The van der Waals surface area contributed by atoms with Crippen molar-refractivity contribution in [1.29, 1.82) is 0 Å². The number of carbonyl (C=O) groups is 2. The molecule has 0 saturated carbocycles. The van der Waals surface area contributed by atoms with Crippen LogP contribution in [0, 0.1) is 0 Å². The average Bonchev–Trinajstić information content (AvgIpc) is 2.26. The van der Waals surface area contributed by atoms with Crippen LogP contribution in [-0.2, 0) is 19.1 Å². The van der Waals surface area contributed by atoms with Crippen molar-refractivity contribution in [1.82, 2.24) is 0 Å². The highest BCUT2D eigenvalue weighted by atomic mass is 79.9. The Bertz CT molecular complexity index is 218. The van der Waals surface area contributed by atoms with Crippen LogP contribution in [0.4, 0.5) is 0 Å². The fourth-order valence-corrected chi connectivity index (χ4v) is 1.22. The molecule has 100 valence electrons. The molecule has 0 aliphatic rings. The summed E-state index contributed by atoms with van der Waals surface area (Å²) in [7, 11) is 0. The summed E-state index contributed by atoms with van der Waals surface area (Å²) in [6.45, 7) is 4.28. The molecule has 0 rings (SSSR count). The monoisotopic (exact) mass is 372 g/mol. The second kappa shape index (κ2) is 9.88. The lowest BCUT2D eigenvalue weighted by Gasteiger charge is -2.07. The number of unbranched alkanes of at least 4 members (excludes halogenated alkanes) is 2. The smallest absolute Gasteiger partial charge is 0.319 e. The van der Waals surface area contributed by atoms with Crippen LogP contribution in [0.2, 0.25) is 0 Å². The summed E-state index contributed by atoms with van der Waals surface area (Å²) < 4.78 is 9.94. The first-order valence-corrected chi connectivity index (χ1v) is 7.39. The molecule has 0 fully saturated rings. The van der Waals surface area contributed by atoms with Crippen molar-refractivity contribution in [3.63, 3.8) is 0 Å². The SMILES string of the molecule is CC(Br)C(=O)OCCCCCOC(=O)C(C)Br. The van der Waals surface area contributed by atoms with E-state index in [1.165, 1.54) is 0 Å². The quantitative estimate of drug-likeness (QED) is 0.373. The summed E-state index contributed by atoms with van der Waals surface area (Å²) in [5, 5.41) is 0. The molecule has 0 saturated heterocycles. The number of rotatable bonds is 8. The number of alkyl halides is 2. The molecule has 17 heavy (non-hydrogen) atoms. The standard InChI is InChI=1S/C11H18Br2O4/c1-8(12)10(14)16-6-4-3-5-7-17-11(15)9(2)13/h8-9H,3-7H2,1-2H3. The van der Waals surface area contributed by atoms with E-state index in [2.05, 4.69) is 31.9 Å². The maximum absolute atomic E-state index is 11.1. The first-order chi connectivity index (χ1) is 7.95. The molecule has 0 N–H and O–H groups in total. The van der Waals surface area contributed by atoms with Gasteiger partial charge >= 0.3 is 11.9 Å². The van der Waals surface area contributed by atoms with E-state index in [1.54, 1.807) is 13.8 Å². The minimum atomic E-state index is -0.260. The summed E-state index contributed by atoms with van der Waals surface area (Å²) in [6, 6.07) is 0. The Morgan fingerprint density at radius 1 is 0.882 bits per heavy atom. The molecule has 0 aliphatic carbocycles. The number of carbonyl (C=O) groups excluding carboxylic acids is 2. The second-order valence-electron chi connectivity index (χ2n) is 3.63. The van der Waals surface area contributed by atoms with E-state index < -0.39 is 0 Å². The fourth-order valence-electron chi connectivity index (χ4n) is 0.956. The molecule has 0 radical (unpaired) electrons. The molecule has 4 nitrogen and oxygen atoms in total. The highest BCUT2D eigenvalue weighted by molar-refractivity contribution is 9.10. The Morgan fingerprint density at radius 3 is 1.53 bits per heavy atom. The zero-order chi connectivity index (χ0) is 13.3. The van der Waals surface area contributed by atoms with E-state index in [9.17, 15) is 9.59 Å². The molecular formula is C11H18Br2O4. The van der Waals surface area contributed by atoms with Crippen molar-refractivity contribution < 1.29 is 19.1 Å². The van der Waals surface area contributed by atoms with Crippen LogP contribution in [0.25, 0.3) is 0 Å². The van der Waals surface area contributed by atoms with E-state index in [-0.39, 0.29) is 21.6 Å². The van der Waals surface area contributed by atoms with Crippen molar-refractivity contribution in [2.75, 3.05) is 13.2 Å². The normalized spacial score (nSPS) is 13.9.